The fraction of sp³-hybridized carbons (Fsp3) is 0.231. The Kier molecular flexibility index (Phi) is 4.04. The maximum absolute atomic E-state index is 11.4. The van der Waals surface area contributed by atoms with Crippen LogP contribution >= 0.6 is 11.8 Å². The summed E-state index contributed by atoms with van der Waals surface area (Å²) in [5, 5.41) is 8.36. The van der Waals surface area contributed by atoms with Crippen LogP contribution in [0.25, 0.3) is 0 Å². The number of hydrogen-bond donors (Lipinski definition) is 1. The molecule has 1 unspecified atom stereocenters. The van der Waals surface area contributed by atoms with Gasteiger partial charge in [-0.1, -0.05) is 42.1 Å². The van der Waals surface area contributed by atoms with Crippen LogP contribution in [0.3, 0.4) is 0 Å². The molecule has 0 amide bonds. The molecule has 1 aromatic carbocycles. The summed E-state index contributed by atoms with van der Waals surface area (Å²) >= 11 is 1.17. The highest BCUT2D eigenvalue weighted by molar-refractivity contribution is 8.15. The smallest absolute Gasteiger partial charge is 0.341 e. The lowest BCUT2D eigenvalue weighted by Crippen LogP contribution is -2.14. The van der Waals surface area contributed by atoms with E-state index in [0.29, 0.717) is 12.2 Å². The number of carbonyl (C=O) groups is 2. The predicted molar refractivity (Wildman–Crippen MR) is 68.2 cm³/mol. The molecule has 4 nitrogen and oxygen atoms in total. The van der Waals surface area contributed by atoms with E-state index in [1.807, 2.05) is 30.3 Å². The van der Waals surface area contributed by atoms with E-state index in [0.717, 1.165) is 5.56 Å². The van der Waals surface area contributed by atoms with Gasteiger partial charge in [0.1, 0.15) is 5.76 Å². The number of rotatable bonds is 5. The fourth-order valence-corrected chi connectivity index (χ4v) is 2.68. The lowest BCUT2D eigenvalue weighted by atomic mass is 10.1. The average Bonchev–Trinajstić information content (AvgIpc) is 2.68. The van der Waals surface area contributed by atoms with Crippen molar-refractivity contribution in [3.63, 3.8) is 0 Å². The first-order valence-corrected chi connectivity index (χ1v) is 6.34. The topological polar surface area (TPSA) is 63.6 Å². The van der Waals surface area contributed by atoms with Crippen molar-refractivity contribution in [2.75, 3.05) is 6.61 Å². The highest BCUT2D eigenvalue weighted by Gasteiger charge is 2.27. The molecule has 94 valence electrons. The molecule has 1 atom stereocenters. The molecular formula is C13H12O4S. The summed E-state index contributed by atoms with van der Waals surface area (Å²) in [4.78, 5) is 21.8. The van der Waals surface area contributed by atoms with Crippen LogP contribution in [-0.4, -0.2) is 28.0 Å². The van der Waals surface area contributed by atoms with Crippen LogP contribution in [0.5, 0.6) is 0 Å². The molecule has 0 radical (unpaired) electrons. The van der Waals surface area contributed by atoms with Crippen LogP contribution < -0.4 is 0 Å². The van der Waals surface area contributed by atoms with Crippen molar-refractivity contribution in [1.82, 2.24) is 0 Å². The van der Waals surface area contributed by atoms with Crippen LogP contribution in [0.4, 0.5) is 0 Å². The summed E-state index contributed by atoms with van der Waals surface area (Å²) in [7, 11) is 0. The zero-order valence-electron chi connectivity index (χ0n) is 9.54. The maximum Gasteiger partial charge on any atom is 0.341 e. The van der Waals surface area contributed by atoms with E-state index in [9.17, 15) is 9.59 Å². The van der Waals surface area contributed by atoms with Crippen molar-refractivity contribution in [1.29, 1.82) is 0 Å². The zero-order valence-corrected chi connectivity index (χ0v) is 10.4. The molecule has 0 saturated carbocycles. The minimum absolute atomic E-state index is 0.0867. The van der Waals surface area contributed by atoms with Crippen LogP contribution in [0.2, 0.25) is 0 Å². The Morgan fingerprint density at radius 2 is 2.06 bits per heavy atom. The van der Waals surface area contributed by atoms with Gasteiger partial charge in [0, 0.05) is 6.08 Å². The van der Waals surface area contributed by atoms with Crippen molar-refractivity contribution >= 4 is 22.8 Å². The summed E-state index contributed by atoms with van der Waals surface area (Å²) in [5.41, 5.74) is 1.09. The van der Waals surface area contributed by atoms with E-state index in [-0.39, 0.29) is 10.4 Å². The van der Waals surface area contributed by atoms with Crippen molar-refractivity contribution in [3.05, 3.63) is 47.7 Å². The molecule has 0 aliphatic carbocycles. The van der Waals surface area contributed by atoms with Gasteiger partial charge < -0.3 is 9.84 Å². The Labute approximate surface area is 109 Å². The third-order valence-corrected chi connectivity index (χ3v) is 3.50. The fourth-order valence-electron chi connectivity index (χ4n) is 1.69. The summed E-state index contributed by atoms with van der Waals surface area (Å²) in [6.45, 7) is -0.412. The molecule has 5 heteroatoms. The summed E-state index contributed by atoms with van der Waals surface area (Å²) in [6.07, 6.45) is 2.03. The van der Waals surface area contributed by atoms with E-state index in [1.165, 1.54) is 17.8 Å². The molecule has 0 fully saturated rings. The van der Waals surface area contributed by atoms with Crippen LogP contribution in [0.1, 0.15) is 5.56 Å². The van der Waals surface area contributed by atoms with Gasteiger partial charge in [-0.15, -0.1) is 0 Å². The second kappa shape index (κ2) is 5.73. The number of hydrogen-bond acceptors (Lipinski definition) is 4. The van der Waals surface area contributed by atoms with Gasteiger partial charge in [0.15, 0.2) is 6.61 Å². The first-order chi connectivity index (χ1) is 8.65. The lowest BCUT2D eigenvalue weighted by Gasteiger charge is -2.13. The number of benzene rings is 1. The quantitative estimate of drug-likeness (QED) is 0.879. The Morgan fingerprint density at radius 3 is 2.72 bits per heavy atom. The van der Waals surface area contributed by atoms with E-state index in [1.54, 1.807) is 0 Å². The standard InChI is InChI=1S/C13H12O4S/c14-12(15)8-17-10-7-13(16)18-11(10)6-9-4-2-1-3-5-9/h1-5,7,11H,6,8H2,(H,14,15). The first-order valence-electron chi connectivity index (χ1n) is 5.46. The van der Waals surface area contributed by atoms with E-state index in [2.05, 4.69) is 0 Å². The second-order valence-corrected chi connectivity index (χ2v) is 5.05. The highest BCUT2D eigenvalue weighted by atomic mass is 32.2. The average molecular weight is 264 g/mol. The molecule has 1 aromatic rings. The maximum atomic E-state index is 11.4. The van der Waals surface area contributed by atoms with Crippen LogP contribution in [0.15, 0.2) is 42.2 Å². The van der Waals surface area contributed by atoms with Crippen molar-refractivity contribution < 1.29 is 19.4 Å². The van der Waals surface area contributed by atoms with Gasteiger partial charge in [0.05, 0.1) is 5.25 Å². The Morgan fingerprint density at radius 1 is 1.33 bits per heavy atom. The number of thioether (sulfide) groups is 1. The normalized spacial score (nSPS) is 18.6. The van der Waals surface area contributed by atoms with E-state index >= 15 is 0 Å². The van der Waals surface area contributed by atoms with Gasteiger partial charge in [0.2, 0.25) is 5.12 Å². The van der Waals surface area contributed by atoms with Gasteiger partial charge in [-0.25, -0.2) is 4.79 Å². The Bertz CT molecular complexity index is 481. The third kappa shape index (κ3) is 3.37. The molecule has 1 aliphatic rings. The molecule has 18 heavy (non-hydrogen) atoms. The van der Waals surface area contributed by atoms with Crippen LogP contribution in [0, 0.1) is 0 Å². The number of ether oxygens (including phenoxy) is 1. The second-order valence-electron chi connectivity index (χ2n) is 3.84. The molecule has 0 spiro atoms. The Balaban J connectivity index is 2.01. The molecule has 1 heterocycles. The SMILES string of the molecule is O=C(O)COC1=CC(=O)SC1Cc1ccccc1. The van der Waals surface area contributed by atoms with Crippen molar-refractivity contribution in [3.8, 4) is 0 Å². The molecule has 0 aromatic heterocycles. The van der Waals surface area contributed by atoms with Crippen molar-refractivity contribution in [2.24, 2.45) is 0 Å². The highest BCUT2D eigenvalue weighted by Crippen LogP contribution is 2.31. The lowest BCUT2D eigenvalue weighted by molar-refractivity contribution is -0.140. The molecule has 2 rings (SSSR count). The van der Waals surface area contributed by atoms with Gasteiger partial charge in [-0.2, -0.15) is 0 Å². The number of aliphatic carboxylic acids is 1. The number of carboxylic acid groups (broad SMARTS) is 1. The van der Waals surface area contributed by atoms with E-state index in [4.69, 9.17) is 9.84 Å². The van der Waals surface area contributed by atoms with E-state index < -0.39 is 12.6 Å². The third-order valence-electron chi connectivity index (χ3n) is 2.46. The summed E-state index contributed by atoms with van der Waals surface area (Å²) < 4.78 is 5.14. The van der Waals surface area contributed by atoms with Gasteiger partial charge in [-0.3, -0.25) is 4.79 Å². The van der Waals surface area contributed by atoms with Gasteiger partial charge in [0.25, 0.3) is 0 Å². The van der Waals surface area contributed by atoms with Crippen LogP contribution in [-0.2, 0) is 20.7 Å². The molecular weight excluding hydrogens is 252 g/mol. The summed E-state index contributed by atoms with van der Waals surface area (Å²) in [5.74, 6) is -0.588. The van der Waals surface area contributed by atoms with Gasteiger partial charge in [-0.05, 0) is 12.0 Å². The minimum atomic E-state index is -1.04. The number of carbonyl (C=O) groups excluding carboxylic acids is 1. The summed E-state index contributed by atoms with van der Waals surface area (Å²) in [6, 6.07) is 9.72. The van der Waals surface area contributed by atoms with Gasteiger partial charge >= 0.3 is 5.97 Å². The number of carboxylic acids is 1. The molecule has 0 bridgehead atoms. The minimum Gasteiger partial charge on any atom is -0.485 e. The molecule has 0 saturated heterocycles. The first kappa shape index (κ1) is 12.7. The van der Waals surface area contributed by atoms with Crippen molar-refractivity contribution in [2.45, 2.75) is 11.7 Å². The zero-order chi connectivity index (χ0) is 13.0. The predicted octanol–water partition coefficient (Wildman–Crippen LogP) is 1.86. The molecule has 1 aliphatic heterocycles. The molecule has 1 N–H and O–H groups in total. The monoisotopic (exact) mass is 264 g/mol. The largest absolute Gasteiger partial charge is 0.485 e. The Hall–Kier alpha value is -1.75.